The lowest BCUT2D eigenvalue weighted by atomic mass is 9.65. The molecule has 0 fully saturated rings. The van der Waals surface area contributed by atoms with Gasteiger partial charge in [-0.3, -0.25) is 76.2 Å². The molecule has 34 nitrogen and oxygen atoms in total. The van der Waals surface area contributed by atoms with Crippen molar-refractivity contribution in [3.63, 3.8) is 0 Å². The first-order chi connectivity index (χ1) is 27.0. The van der Waals surface area contributed by atoms with Crippen LogP contribution in [0.2, 0.25) is 0 Å². The predicted molar refractivity (Wildman–Crippen MR) is 191 cm³/mol. The summed E-state index contributed by atoms with van der Waals surface area (Å²) in [5, 5.41) is 61.3. The van der Waals surface area contributed by atoms with Crippen LogP contribution in [0, 0.1) is 0 Å². The molecule has 0 spiro atoms. The lowest BCUT2D eigenvalue weighted by Crippen LogP contribution is -2.76. The quantitative estimate of drug-likeness (QED) is 0.0299. The smallest absolute Gasteiger partial charge is 0.355 e. The number of carboxylic acids is 6. The van der Waals surface area contributed by atoms with Gasteiger partial charge in [0.25, 0.3) is 0 Å². The summed E-state index contributed by atoms with van der Waals surface area (Å²) in [4.78, 5) is 193. The van der Waals surface area contributed by atoms with Crippen molar-refractivity contribution in [3.8, 4) is 0 Å². The van der Waals surface area contributed by atoms with E-state index in [2.05, 4.69) is 0 Å². The molecule has 0 saturated carbocycles. The van der Waals surface area contributed by atoms with Crippen LogP contribution in [0.1, 0.15) is 25.7 Å². The molecule has 356 valence electrons. The number of hydrogen-bond acceptors (Lipinski definition) is 16. The van der Waals surface area contributed by atoms with Crippen LogP contribution in [-0.4, -0.2) is 207 Å². The molecule has 61 heavy (non-hydrogen) atoms. The highest BCUT2D eigenvalue weighted by molar-refractivity contribution is 7.71. The maximum atomic E-state index is 13.1. The van der Waals surface area contributed by atoms with Gasteiger partial charge in [0.05, 0.1) is 49.9 Å². The van der Waals surface area contributed by atoms with E-state index >= 15 is 0 Å². The SMILES string of the molecule is O=C(O)CN(CC(=O)O)C(CC(=O)O)(CC(=O)O)C(CC(=O)O)(CC(=O)O)N(CCN(CCNC(P(=O)(O)O)P(=O)(O)O)C(P(=O)(O)O)P(=O)(O)O)C(P(=O)(O)O)P(=O)(O)O. The Bertz CT molecular complexity index is 1830. The van der Waals surface area contributed by atoms with E-state index in [1.54, 1.807) is 0 Å². The standard InChI is InChI=1S/C21H42N4O30P6/c26-11(27)5-20(6-12(28)29,24(9-15(34)35)10-16(36)37)21(7-13(30)31,8-14(32)33)25(19(60(50,51)52)61(53,54)55)4-3-23(18(58(44,45)46)59(47,48)49)2-1-22-17(56(38,39)40)57(41,42)43/h17-19,22H,1-10H2,(H,26,27)(H,28,29)(H,30,31)(H,32,33)(H,34,35)(H,36,37)(H2,38,39,40)(H2,41,42,43)(H2,44,45,46)(H2,47,48,49)(H2,50,51,52)(H2,53,54,55). The van der Waals surface area contributed by atoms with Crippen LogP contribution in [-0.2, 0) is 56.2 Å². The Balaban J connectivity index is 9.15. The number of carbonyl (C=O) groups is 6. The van der Waals surface area contributed by atoms with Gasteiger partial charge in [-0.1, -0.05) is 0 Å². The molecule has 19 N–H and O–H groups in total. The highest BCUT2D eigenvalue weighted by Crippen LogP contribution is 2.65. The third-order valence-corrected chi connectivity index (χ3v) is 18.9. The molecule has 0 atom stereocenters. The van der Waals surface area contributed by atoms with E-state index in [4.69, 9.17) is 0 Å². The lowest BCUT2D eigenvalue weighted by Gasteiger charge is -2.59. The van der Waals surface area contributed by atoms with Crippen molar-refractivity contribution in [3.05, 3.63) is 0 Å². The Hall–Kier alpha value is -2.44. The number of nitrogens with one attached hydrogen (secondary N) is 1. The van der Waals surface area contributed by atoms with Crippen molar-refractivity contribution in [1.29, 1.82) is 0 Å². The molecular weight excluding hydrogens is 974 g/mol. The molecule has 40 heteroatoms. The second kappa shape index (κ2) is 21.5. The molecule has 0 rings (SSSR count). The monoisotopic (exact) mass is 1020 g/mol. The van der Waals surface area contributed by atoms with Crippen LogP contribution >= 0.6 is 45.6 Å². The number of hydrogen-bond donors (Lipinski definition) is 19. The molecule has 0 aromatic rings. The number of nitrogens with zero attached hydrogens (tertiary/aromatic N) is 3. The topological polar surface area (TPSA) is 591 Å². The lowest BCUT2D eigenvalue weighted by molar-refractivity contribution is -0.176. The predicted octanol–water partition coefficient (Wildman–Crippen LogP) is -5.06. The summed E-state index contributed by atoms with van der Waals surface area (Å²) in [6, 6.07) is 0. The van der Waals surface area contributed by atoms with E-state index in [9.17, 15) is 146 Å². The normalized spacial score (nSPS) is 14.1. The first-order valence-electron chi connectivity index (χ1n) is 15.6. The minimum absolute atomic E-state index is 0.255. The fourth-order valence-electron chi connectivity index (χ4n) is 6.54. The van der Waals surface area contributed by atoms with Crippen LogP contribution in [0.3, 0.4) is 0 Å². The summed E-state index contributed by atoms with van der Waals surface area (Å²) in [7, 11) is -38.4. The molecule has 0 bridgehead atoms. The van der Waals surface area contributed by atoms with Gasteiger partial charge in [0.2, 0.25) is 16.6 Å². The third kappa shape index (κ3) is 17.2. The largest absolute Gasteiger partial charge is 0.481 e. The van der Waals surface area contributed by atoms with E-state index in [0.717, 1.165) is 0 Å². The van der Waals surface area contributed by atoms with Crippen molar-refractivity contribution < 1.29 is 146 Å². The van der Waals surface area contributed by atoms with Crippen LogP contribution in [0.5, 0.6) is 0 Å². The molecule has 0 aromatic carbocycles. The zero-order valence-corrected chi connectivity index (χ0v) is 35.6. The number of rotatable bonds is 30. The Morgan fingerprint density at radius 1 is 0.426 bits per heavy atom. The molecule has 0 radical (unpaired) electrons. The second-order valence-corrected chi connectivity index (χ2v) is 24.1. The van der Waals surface area contributed by atoms with E-state index in [-0.39, 0.29) is 9.80 Å². The second-order valence-electron chi connectivity index (χ2n) is 12.8. The Labute approximate surface area is 339 Å². The zero-order chi connectivity index (χ0) is 48.7. The molecule has 0 aliphatic rings. The summed E-state index contributed by atoms with van der Waals surface area (Å²) in [5.41, 5.74) is -18.9. The van der Waals surface area contributed by atoms with Crippen molar-refractivity contribution in [2.75, 3.05) is 39.3 Å². The van der Waals surface area contributed by atoms with Gasteiger partial charge in [0, 0.05) is 26.2 Å². The average Bonchev–Trinajstić information content (AvgIpc) is 2.94. The first-order valence-corrected chi connectivity index (χ1v) is 25.7. The summed E-state index contributed by atoms with van der Waals surface area (Å²) >= 11 is 0. The van der Waals surface area contributed by atoms with Crippen LogP contribution in [0.25, 0.3) is 0 Å². The van der Waals surface area contributed by atoms with Gasteiger partial charge in [-0.05, 0) is 0 Å². The summed E-state index contributed by atoms with van der Waals surface area (Å²) < 4.78 is 74.8. The molecule has 0 saturated heterocycles. The van der Waals surface area contributed by atoms with Crippen molar-refractivity contribution >= 4 is 81.4 Å². The van der Waals surface area contributed by atoms with E-state index in [0.29, 0.717) is 0 Å². The molecule has 0 aliphatic heterocycles. The fraction of sp³-hybridized carbons (Fsp3) is 0.714. The van der Waals surface area contributed by atoms with E-state index < -0.39 is 179 Å². The van der Waals surface area contributed by atoms with Crippen LogP contribution in [0.4, 0.5) is 0 Å². The number of carboxylic acid groups (broad SMARTS) is 6. The molecular formula is C21H42N4O30P6. The Kier molecular flexibility index (Phi) is 20.6. The van der Waals surface area contributed by atoms with Crippen LogP contribution in [0.15, 0.2) is 0 Å². The fourth-order valence-corrected chi connectivity index (χ4v) is 14.7. The molecule has 0 aliphatic carbocycles. The van der Waals surface area contributed by atoms with E-state index in [1.165, 1.54) is 5.32 Å². The van der Waals surface area contributed by atoms with Gasteiger partial charge >= 0.3 is 81.4 Å². The van der Waals surface area contributed by atoms with Gasteiger partial charge in [-0.25, -0.2) is 0 Å². The average molecular weight is 1020 g/mol. The van der Waals surface area contributed by atoms with Crippen LogP contribution < -0.4 is 5.32 Å². The Morgan fingerprint density at radius 3 is 1.00 bits per heavy atom. The van der Waals surface area contributed by atoms with Crippen molar-refractivity contribution in [2.45, 2.75) is 53.3 Å². The van der Waals surface area contributed by atoms with Gasteiger partial charge in [0.15, 0.2) is 0 Å². The van der Waals surface area contributed by atoms with Gasteiger partial charge in [0.1, 0.15) is 0 Å². The summed E-state index contributed by atoms with van der Waals surface area (Å²) in [5.74, 6) is -14.4. The first kappa shape index (κ1) is 58.6. The molecule has 0 amide bonds. The molecule has 0 unspecified atom stereocenters. The van der Waals surface area contributed by atoms with Gasteiger partial charge < -0.3 is 89.4 Å². The summed E-state index contributed by atoms with van der Waals surface area (Å²) in [6.07, 6.45) is -9.06. The highest BCUT2D eigenvalue weighted by atomic mass is 31.2. The zero-order valence-electron chi connectivity index (χ0n) is 30.3. The van der Waals surface area contributed by atoms with Gasteiger partial charge in [-0.2, -0.15) is 0 Å². The third-order valence-electron chi connectivity index (χ3n) is 8.25. The minimum atomic E-state index is -6.86. The summed E-state index contributed by atoms with van der Waals surface area (Å²) in [6.45, 7) is -11.0. The molecule has 0 heterocycles. The number of aliphatic carboxylic acids is 6. The highest BCUT2D eigenvalue weighted by Gasteiger charge is 2.67. The maximum Gasteiger partial charge on any atom is 0.355 e. The minimum Gasteiger partial charge on any atom is -0.481 e. The van der Waals surface area contributed by atoms with Gasteiger partial charge in [-0.15, -0.1) is 0 Å². The van der Waals surface area contributed by atoms with Crippen molar-refractivity contribution in [2.24, 2.45) is 0 Å². The van der Waals surface area contributed by atoms with E-state index in [1.807, 2.05) is 0 Å². The Morgan fingerprint density at radius 2 is 0.738 bits per heavy atom. The van der Waals surface area contributed by atoms with Crippen molar-refractivity contribution in [1.82, 2.24) is 20.0 Å². The maximum absolute atomic E-state index is 13.1. The molecule has 0 aromatic heterocycles.